The Morgan fingerprint density at radius 2 is 1.85 bits per heavy atom. The Bertz CT molecular complexity index is 786. The van der Waals surface area contributed by atoms with Crippen LogP contribution in [-0.4, -0.2) is 67.5 Å². The molecular weight excluding hydrogens is 348 g/mol. The number of amides is 2. The molecule has 1 aromatic rings. The molecule has 1 unspecified atom stereocenters. The molecule has 3 aliphatic rings. The number of hydrogen-bond donors (Lipinski definition) is 2. The topological polar surface area (TPSA) is 107 Å². The number of hydrogen-bond acceptors (Lipinski definition) is 5. The number of likely N-dealkylation sites (tertiary alicyclic amines) is 2. The number of nitrogens with zero attached hydrogens (tertiary/aromatic N) is 3. The highest BCUT2D eigenvalue weighted by Crippen LogP contribution is 2.40. The first-order valence-electron chi connectivity index (χ1n) is 9.87. The molecule has 3 heterocycles. The minimum atomic E-state index is -0.840. The maximum atomic E-state index is 13.5. The number of rotatable bonds is 2. The number of H-pyrrole nitrogens is 1. The van der Waals surface area contributed by atoms with Crippen LogP contribution in [0.3, 0.4) is 0 Å². The minimum Gasteiger partial charge on any atom is -0.393 e. The lowest BCUT2D eigenvalue weighted by Gasteiger charge is -2.48. The zero-order valence-electron chi connectivity index (χ0n) is 15.4. The fourth-order valence-corrected chi connectivity index (χ4v) is 5.03. The second kappa shape index (κ2) is 7.07. The van der Waals surface area contributed by atoms with Gasteiger partial charge >= 0.3 is 0 Å². The molecule has 1 aliphatic carbocycles. The van der Waals surface area contributed by atoms with Gasteiger partial charge < -0.3 is 19.9 Å². The number of aromatic nitrogens is 2. The molecule has 4 rings (SSSR count). The second-order valence-corrected chi connectivity index (χ2v) is 7.95. The lowest BCUT2D eigenvalue weighted by atomic mass is 9.82. The van der Waals surface area contributed by atoms with Gasteiger partial charge in [-0.3, -0.25) is 14.4 Å². The summed E-state index contributed by atoms with van der Waals surface area (Å²) in [6.07, 6.45) is 8.19. The van der Waals surface area contributed by atoms with Crippen LogP contribution >= 0.6 is 0 Å². The van der Waals surface area contributed by atoms with Crippen LogP contribution in [0.5, 0.6) is 0 Å². The van der Waals surface area contributed by atoms with Gasteiger partial charge in [0, 0.05) is 25.3 Å². The van der Waals surface area contributed by atoms with Crippen LogP contribution in [0.25, 0.3) is 0 Å². The summed E-state index contributed by atoms with van der Waals surface area (Å²) in [5, 5.41) is 9.77. The van der Waals surface area contributed by atoms with Gasteiger partial charge in [0.05, 0.1) is 12.4 Å². The Labute approximate surface area is 157 Å². The van der Waals surface area contributed by atoms with Gasteiger partial charge in [-0.15, -0.1) is 0 Å². The van der Waals surface area contributed by atoms with E-state index in [4.69, 9.17) is 0 Å². The first-order valence-corrected chi connectivity index (χ1v) is 9.87. The molecule has 8 heteroatoms. The van der Waals surface area contributed by atoms with Gasteiger partial charge in [0.1, 0.15) is 11.1 Å². The third kappa shape index (κ3) is 3.05. The lowest BCUT2D eigenvalue weighted by molar-refractivity contribution is -0.149. The van der Waals surface area contributed by atoms with Crippen LogP contribution in [0.1, 0.15) is 61.7 Å². The van der Waals surface area contributed by atoms with Gasteiger partial charge in [-0.2, -0.15) is 0 Å². The van der Waals surface area contributed by atoms with Crippen LogP contribution in [-0.2, 0) is 4.79 Å². The van der Waals surface area contributed by atoms with E-state index in [0.717, 1.165) is 38.5 Å². The first-order chi connectivity index (χ1) is 13.0. The normalized spacial score (nSPS) is 31.5. The minimum absolute atomic E-state index is 0.00973. The van der Waals surface area contributed by atoms with Crippen LogP contribution in [0.15, 0.2) is 17.3 Å². The molecule has 3 fully saturated rings. The Hall–Kier alpha value is -2.22. The highest BCUT2D eigenvalue weighted by atomic mass is 16.3. The number of carbonyl (C=O) groups is 2. The molecule has 2 aliphatic heterocycles. The van der Waals surface area contributed by atoms with Crippen molar-refractivity contribution in [1.29, 1.82) is 0 Å². The smallest absolute Gasteiger partial charge is 0.263 e. The van der Waals surface area contributed by atoms with E-state index < -0.39 is 17.0 Å². The van der Waals surface area contributed by atoms with Crippen LogP contribution in [0.2, 0.25) is 0 Å². The molecule has 2 saturated heterocycles. The molecule has 27 heavy (non-hydrogen) atoms. The summed E-state index contributed by atoms with van der Waals surface area (Å²) in [4.78, 5) is 48.5. The molecule has 0 bridgehead atoms. The number of aliphatic hydroxyl groups excluding tert-OH is 1. The molecule has 1 atom stereocenters. The summed E-state index contributed by atoms with van der Waals surface area (Å²) >= 11 is 0. The molecule has 1 saturated carbocycles. The Kier molecular flexibility index (Phi) is 4.75. The summed E-state index contributed by atoms with van der Waals surface area (Å²) < 4.78 is 0. The summed E-state index contributed by atoms with van der Waals surface area (Å²) in [7, 11) is 0. The lowest BCUT2D eigenvalue weighted by Crippen LogP contribution is -2.63. The van der Waals surface area contributed by atoms with E-state index >= 15 is 0 Å². The second-order valence-electron chi connectivity index (χ2n) is 7.95. The van der Waals surface area contributed by atoms with Crippen molar-refractivity contribution in [3.05, 3.63) is 28.4 Å². The van der Waals surface area contributed by atoms with Gasteiger partial charge in [0.15, 0.2) is 0 Å². The van der Waals surface area contributed by atoms with Gasteiger partial charge in [0.25, 0.3) is 11.5 Å². The van der Waals surface area contributed by atoms with Crippen molar-refractivity contribution in [3.63, 3.8) is 0 Å². The van der Waals surface area contributed by atoms with E-state index in [9.17, 15) is 19.5 Å². The fraction of sp³-hybridized carbons (Fsp3) is 0.684. The predicted molar refractivity (Wildman–Crippen MR) is 97.1 cm³/mol. The molecule has 8 nitrogen and oxygen atoms in total. The maximum absolute atomic E-state index is 13.5. The Morgan fingerprint density at radius 1 is 1.15 bits per heavy atom. The summed E-state index contributed by atoms with van der Waals surface area (Å²) in [6.45, 7) is 1.19. The van der Waals surface area contributed by atoms with Gasteiger partial charge in [-0.05, 0) is 51.4 Å². The van der Waals surface area contributed by atoms with Crippen molar-refractivity contribution in [2.45, 2.75) is 69.1 Å². The number of piperidine rings is 1. The molecule has 0 aromatic carbocycles. The van der Waals surface area contributed by atoms with Crippen molar-refractivity contribution in [3.8, 4) is 0 Å². The molecule has 2 amide bonds. The standard InChI is InChI=1S/C19H26N4O4/c24-14-5-3-13(4-6-14)22-9-1-7-19(18(22)27)8-2-10-23(19)17(26)15-11-20-12-21-16(15)25/h11-14,24H,1-10H2,(H,20,21,25). The Morgan fingerprint density at radius 3 is 2.56 bits per heavy atom. The number of aliphatic hydroxyl groups is 1. The largest absolute Gasteiger partial charge is 0.393 e. The number of carbonyl (C=O) groups excluding carboxylic acids is 2. The Balaban J connectivity index is 1.60. The van der Waals surface area contributed by atoms with E-state index in [1.54, 1.807) is 4.90 Å². The SMILES string of the molecule is O=C(c1cnc[nH]c1=O)N1CCCC12CCCN(C1CCC(O)CC1)C2=O. The monoisotopic (exact) mass is 374 g/mol. The van der Waals surface area contributed by atoms with Crippen molar-refractivity contribution in [2.75, 3.05) is 13.1 Å². The van der Waals surface area contributed by atoms with E-state index in [0.29, 0.717) is 25.9 Å². The predicted octanol–water partition coefficient (Wildman–Crippen LogP) is 0.671. The molecule has 2 N–H and O–H groups in total. The summed E-state index contributed by atoms with van der Waals surface area (Å²) in [6, 6.07) is 0.137. The highest BCUT2D eigenvalue weighted by Gasteiger charge is 2.54. The third-order valence-corrected chi connectivity index (χ3v) is 6.44. The van der Waals surface area contributed by atoms with Crippen molar-refractivity contribution in [2.24, 2.45) is 0 Å². The molecular formula is C19H26N4O4. The third-order valence-electron chi connectivity index (χ3n) is 6.44. The number of aromatic amines is 1. The van der Waals surface area contributed by atoms with Gasteiger partial charge in [-0.25, -0.2) is 4.98 Å². The van der Waals surface area contributed by atoms with Gasteiger partial charge in [-0.1, -0.05) is 0 Å². The van der Waals surface area contributed by atoms with Crippen molar-refractivity contribution in [1.82, 2.24) is 19.8 Å². The molecule has 1 spiro atoms. The quantitative estimate of drug-likeness (QED) is 0.791. The van der Waals surface area contributed by atoms with E-state index in [2.05, 4.69) is 9.97 Å². The van der Waals surface area contributed by atoms with E-state index in [-0.39, 0.29) is 23.6 Å². The van der Waals surface area contributed by atoms with E-state index in [1.165, 1.54) is 12.5 Å². The highest BCUT2D eigenvalue weighted by molar-refractivity contribution is 5.99. The molecule has 146 valence electrons. The summed E-state index contributed by atoms with van der Waals surface area (Å²) in [5.41, 5.74) is -1.32. The maximum Gasteiger partial charge on any atom is 0.263 e. The molecule has 0 radical (unpaired) electrons. The van der Waals surface area contributed by atoms with Gasteiger partial charge in [0.2, 0.25) is 5.91 Å². The zero-order chi connectivity index (χ0) is 19.0. The van der Waals surface area contributed by atoms with Crippen LogP contribution in [0, 0.1) is 0 Å². The zero-order valence-corrected chi connectivity index (χ0v) is 15.4. The fourth-order valence-electron chi connectivity index (χ4n) is 5.03. The van der Waals surface area contributed by atoms with Crippen molar-refractivity contribution >= 4 is 11.8 Å². The summed E-state index contributed by atoms with van der Waals surface area (Å²) in [5.74, 6) is -0.391. The average molecular weight is 374 g/mol. The molecule has 1 aromatic heterocycles. The number of nitrogens with one attached hydrogen (secondary N) is 1. The average Bonchev–Trinajstić information content (AvgIpc) is 3.09. The first kappa shape index (κ1) is 18.2. The van der Waals surface area contributed by atoms with E-state index in [1.807, 2.05) is 4.90 Å². The van der Waals surface area contributed by atoms with Crippen LogP contribution in [0.4, 0.5) is 0 Å². The van der Waals surface area contributed by atoms with Crippen molar-refractivity contribution < 1.29 is 14.7 Å². The van der Waals surface area contributed by atoms with Crippen LogP contribution < -0.4 is 5.56 Å².